The van der Waals surface area contributed by atoms with Gasteiger partial charge in [-0.05, 0) is 77.9 Å². The van der Waals surface area contributed by atoms with Crippen molar-refractivity contribution in [1.29, 1.82) is 0 Å². The van der Waals surface area contributed by atoms with Gasteiger partial charge in [0.2, 0.25) is 0 Å². The van der Waals surface area contributed by atoms with E-state index in [1.165, 1.54) is 0 Å². The molecule has 1 aliphatic heterocycles. The van der Waals surface area contributed by atoms with E-state index in [-0.39, 0.29) is 12.0 Å². The van der Waals surface area contributed by atoms with Crippen LogP contribution in [0.3, 0.4) is 0 Å². The molecule has 0 atom stereocenters. The molecule has 36 heavy (non-hydrogen) atoms. The van der Waals surface area contributed by atoms with Crippen molar-refractivity contribution in [3.05, 3.63) is 48.3 Å². The van der Waals surface area contributed by atoms with E-state index in [1.807, 2.05) is 69.1 Å². The molecule has 1 fully saturated rings. The first-order chi connectivity index (χ1) is 17.1. The van der Waals surface area contributed by atoms with Crippen LogP contribution in [-0.2, 0) is 4.74 Å². The summed E-state index contributed by atoms with van der Waals surface area (Å²) in [6.45, 7) is 15.5. The number of rotatable bonds is 9. The highest BCUT2D eigenvalue weighted by atomic mass is 16.5. The quantitative estimate of drug-likeness (QED) is 0.440. The van der Waals surface area contributed by atoms with Gasteiger partial charge in [-0.15, -0.1) is 0 Å². The number of anilines is 2. The van der Waals surface area contributed by atoms with Gasteiger partial charge in [0.05, 0.1) is 18.4 Å². The van der Waals surface area contributed by atoms with Gasteiger partial charge in [-0.2, -0.15) is 0 Å². The second-order valence-corrected chi connectivity index (χ2v) is 10.6. The average molecular weight is 494 g/mol. The molecular formula is C28H39N5O3. The summed E-state index contributed by atoms with van der Waals surface area (Å²) in [4.78, 5) is 25.3. The zero-order valence-corrected chi connectivity index (χ0v) is 22.3. The van der Waals surface area contributed by atoms with Crippen molar-refractivity contribution in [3.63, 3.8) is 0 Å². The van der Waals surface area contributed by atoms with Crippen LogP contribution in [-0.4, -0.2) is 71.3 Å². The van der Waals surface area contributed by atoms with Crippen molar-refractivity contribution in [3.8, 4) is 5.75 Å². The van der Waals surface area contributed by atoms with E-state index in [0.717, 1.165) is 41.2 Å². The number of hydrogen-bond donors (Lipinski definition) is 2. The number of carbonyl (C=O) groups is 1. The van der Waals surface area contributed by atoms with Gasteiger partial charge in [0, 0.05) is 49.3 Å². The maximum absolute atomic E-state index is 13.3. The van der Waals surface area contributed by atoms with Crippen LogP contribution in [0.2, 0.25) is 0 Å². The fourth-order valence-corrected chi connectivity index (χ4v) is 4.37. The molecule has 1 saturated heterocycles. The summed E-state index contributed by atoms with van der Waals surface area (Å²) in [6.07, 6.45) is 1.97. The number of nitrogens with one attached hydrogen (secondary N) is 2. The van der Waals surface area contributed by atoms with Crippen molar-refractivity contribution in [2.45, 2.75) is 59.3 Å². The van der Waals surface area contributed by atoms with E-state index in [0.29, 0.717) is 31.4 Å². The number of piperazine rings is 1. The predicted molar refractivity (Wildman–Crippen MR) is 145 cm³/mol. The Morgan fingerprint density at radius 1 is 1.11 bits per heavy atom. The predicted octanol–water partition coefficient (Wildman–Crippen LogP) is 4.93. The maximum Gasteiger partial charge on any atom is 0.270 e. The minimum Gasteiger partial charge on any atom is -0.485 e. The second kappa shape index (κ2) is 10.8. The first kappa shape index (κ1) is 25.8. The molecule has 1 amide bonds. The number of benzene rings is 1. The lowest BCUT2D eigenvalue weighted by molar-refractivity contribution is -0.0276. The number of fused-ring (bicyclic) bond motifs is 1. The van der Waals surface area contributed by atoms with Crippen LogP contribution in [0.5, 0.6) is 5.75 Å². The molecule has 2 aromatic heterocycles. The highest BCUT2D eigenvalue weighted by Crippen LogP contribution is 2.27. The van der Waals surface area contributed by atoms with Crippen LogP contribution in [0.15, 0.2) is 42.6 Å². The summed E-state index contributed by atoms with van der Waals surface area (Å²) in [6, 6.07) is 12.1. The number of nitrogens with zero attached hydrogens (tertiary/aromatic N) is 3. The van der Waals surface area contributed by atoms with Gasteiger partial charge in [0.15, 0.2) is 5.82 Å². The number of hydrogen-bond acceptors (Lipinski definition) is 6. The highest BCUT2D eigenvalue weighted by Gasteiger charge is 2.26. The molecular weight excluding hydrogens is 454 g/mol. The molecule has 0 radical (unpaired) electrons. The van der Waals surface area contributed by atoms with Gasteiger partial charge in [-0.25, -0.2) is 4.98 Å². The normalized spacial score (nSPS) is 14.7. The van der Waals surface area contributed by atoms with Crippen LogP contribution >= 0.6 is 0 Å². The summed E-state index contributed by atoms with van der Waals surface area (Å²) in [5.41, 5.74) is 2.08. The summed E-state index contributed by atoms with van der Waals surface area (Å²) in [7, 11) is 0. The van der Waals surface area contributed by atoms with Gasteiger partial charge >= 0.3 is 0 Å². The smallest absolute Gasteiger partial charge is 0.270 e. The van der Waals surface area contributed by atoms with Gasteiger partial charge in [0.1, 0.15) is 17.0 Å². The molecule has 0 aliphatic carbocycles. The van der Waals surface area contributed by atoms with E-state index in [9.17, 15) is 4.79 Å². The third-order valence-corrected chi connectivity index (χ3v) is 6.08. The molecule has 0 saturated carbocycles. The van der Waals surface area contributed by atoms with Crippen molar-refractivity contribution < 1.29 is 14.3 Å². The SMILES string of the molecule is CC(C)Nc1cccnc1N1CCN(C(=O)c2cc3cc(OC(C)(C)COC(C)C)ccc3[nH]2)CC1. The third kappa shape index (κ3) is 6.29. The molecule has 4 rings (SSSR count). The number of ether oxygens (including phenoxy) is 2. The average Bonchev–Trinajstić information content (AvgIpc) is 3.26. The molecule has 8 heteroatoms. The fraction of sp³-hybridized carbons (Fsp3) is 0.500. The standard InChI is InChI=1S/C28H39N5O3/c1-19(2)30-24-8-7-11-29-26(24)32-12-14-33(15-13-32)27(34)25-17-21-16-22(9-10-23(21)31-25)36-28(5,6)18-35-20(3)4/h7-11,16-17,19-20,30-31H,12-15,18H2,1-6H3. The minimum absolute atomic E-state index is 0.0144. The molecule has 2 N–H and O–H groups in total. The molecule has 8 nitrogen and oxygen atoms in total. The largest absolute Gasteiger partial charge is 0.485 e. The number of amides is 1. The molecule has 1 aliphatic rings. The van der Waals surface area contributed by atoms with E-state index < -0.39 is 5.60 Å². The van der Waals surface area contributed by atoms with Crippen molar-refractivity contribution in [2.24, 2.45) is 0 Å². The Morgan fingerprint density at radius 3 is 2.56 bits per heavy atom. The Bertz CT molecular complexity index is 1180. The van der Waals surface area contributed by atoms with Crippen LogP contribution in [0.4, 0.5) is 11.5 Å². The highest BCUT2D eigenvalue weighted by molar-refractivity contribution is 5.98. The Kier molecular flexibility index (Phi) is 7.73. The first-order valence-electron chi connectivity index (χ1n) is 12.8. The van der Waals surface area contributed by atoms with E-state index in [4.69, 9.17) is 9.47 Å². The molecule has 0 unspecified atom stereocenters. The maximum atomic E-state index is 13.3. The second-order valence-electron chi connectivity index (χ2n) is 10.6. The van der Waals surface area contributed by atoms with Crippen LogP contribution in [0.25, 0.3) is 10.9 Å². The lowest BCUT2D eigenvalue weighted by Gasteiger charge is -2.36. The molecule has 194 valence electrons. The Balaban J connectivity index is 1.40. The number of H-pyrrole nitrogens is 1. The monoisotopic (exact) mass is 493 g/mol. The molecule has 1 aromatic carbocycles. The third-order valence-electron chi connectivity index (χ3n) is 6.08. The lowest BCUT2D eigenvalue weighted by atomic mass is 10.1. The van der Waals surface area contributed by atoms with Gasteiger partial charge < -0.3 is 29.6 Å². The van der Waals surface area contributed by atoms with Crippen molar-refractivity contribution in [2.75, 3.05) is 43.0 Å². The Morgan fingerprint density at radius 2 is 1.86 bits per heavy atom. The fourth-order valence-electron chi connectivity index (χ4n) is 4.37. The van der Waals surface area contributed by atoms with Crippen molar-refractivity contribution in [1.82, 2.24) is 14.9 Å². The molecule has 0 spiro atoms. The number of aromatic amines is 1. The Labute approximate surface area is 214 Å². The minimum atomic E-state index is -0.454. The van der Waals surface area contributed by atoms with Crippen LogP contribution in [0.1, 0.15) is 52.0 Å². The van der Waals surface area contributed by atoms with Crippen LogP contribution in [0, 0.1) is 0 Å². The number of carbonyl (C=O) groups excluding carboxylic acids is 1. The Hall–Kier alpha value is -3.26. The van der Waals surface area contributed by atoms with E-state index in [1.54, 1.807) is 0 Å². The zero-order valence-electron chi connectivity index (χ0n) is 22.3. The summed E-state index contributed by atoms with van der Waals surface area (Å²) in [5, 5.41) is 4.42. The van der Waals surface area contributed by atoms with Gasteiger partial charge in [-0.1, -0.05) is 0 Å². The topological polar surface area (TPSA) is 82.7 Å². The van der Waals surface area contributed by atoms with Crippen LogP contribution < -0.4 is 15.0 Å². The lowest BCUT2D eigenvalue weighted by Crippen LogP contribution is -2.49. The first-order valence-corrected chi connectivity index (χ1v) is 12.8. The summed E-state index contributed by atoms with van der Waals surface area (Å²) in [5.74, 6) is 1.71. The zero-order chi connectivity index (χ0) is 25.9. The van der Waals surface area contributed by atoms with E-state index in [2.05, 4.69) is 40.1 Å². The summed E-state index contributed by atoms with van der Waals surface area (Å²) < 4.78 is 11.9. The van der Waals surface area contributed by atoms with E-state index >= 15 is 0 Å². The number of aromatic nitrogens is 2. The van der Waals surface area contributed by atoms with Gasteiger partial charge in [-0.3, -0.25) is 4.79 Å². The molecule has 3 aromatic rings. The summed E-state index contributed by atoms with van der Waals surface area (Å²) >= 11 is 0. The molecule has 3 heterocycles. The number of pyridine rings is 1. The molecule has 0 bridgehead atoms. The van der Waals surface area contributed by atoms with Crippen molar-refractivity contribution >= 4 is 28.3 Å². The van der Waals surface area contributed by atoms with Gasteiger partial charge in [0.25, 0.3) is 5.91 Å².